The molecule has 0 aliphatic carbocycles. The van der Waals surface area contributed by atoms with Crippen LogP contribution in [0.2, 0.25) is 0 Å². The van der Waals surface area contributed by atoms with Gasteiger partial charge in [0, 0.05) is 0 Å². The summed E-state index contributed by atoms with van der Waals surface area (Å²) in [4.78, 5) is 13.9. The zero-order valence-electron chi connectivity index (χ0n) is 8.37. The van der Waals surface area contributed by atoms with Gasteiger partial charge < -0.3 is 5.11 Å². The number of nitriles is 1. The molecule has 0 spiro atoms. The predicted molar refractivity (Wildman–Crippen MR) is 50.0 cm³/mol. The van der Waals surface area contributed by atoms with Crippen LogP contribution in [-0.4, -0.2) is 16.1 Å². The number of aromatic nitrogens is 1. The first kappa shape index (κ1) is 12.0. The largest absolute Gasteiger partial charge is 0.481 e. The fourth-order valence-electron chi connectivity index (χ4n) is 1.34. The summed E-state index contributed by atoms with van der Waals surface area (Å²) in [6.45, 7) is 1.48. The van der Waals surface area contributed by atoms with Gasteiger partial charge in [-0.3, -0.25) is 4.79 Å². The molecule has 0 saturated carbocycles. The van der Waals surface area contributed by atoms with Gasteiger partial charge in [-0.15, -0.1) is 0 Å². The number of nitrogens with zero attached hydrogens (tertiary/aromatic N) is 2. The Morgan fingerprint density at radius 2 is 2.31 bits per heavy atom. The summed E-state index contributed by atoms with van der Waals surface area (Å²) in [5.74, 6) is -1.21. The second-order valence-corrected chi connectivity index (χ2v) is 3.17. The molecule has 0 amide bonds. The molecule has 0 atom stereocenters. The second kappa shape index (κ2) is 4.66. The van der Waals surface area contributed by atoms with Crippen molar-refractivity contribution in [3.05, 3.63) is 28.6 Å². The smallest absolute Gasteiger partial charge is 0.307 e. The van der Waals surface area contributed by atoms with Gasteiger partial charge in [-0.25, -0.2) is 13.8 Å². The van der Waals surface area contributed by atoms with Gasteiger partial charge >= 0.3 is 5.97 Å². The summed E-state index contributed by atoms with van der Waals surface area (Å²) >= 11 is 0. The highest BCUT2D eigenvalue weighted by Gasteiger charge is 2.20. The van der Waals surface area contributed by atoms with Crippen LogP contribution in [0.3, 0.4) is 0 Å². The maximum absolute atomic E-state index is 12.6. The van der Waals surface area contributed by atoms with Gasteiger partial charge in [0.2, 0.25) is 0 Å². The number of pyridine rings is 1. The number of alkyl halides is 2. The number of aliphatic carboxylic acids is 1. The van der Waals surface area contributed by atoms with Crippen molar-refractivity contribution in [2.45, 2.75) is 19.8 Å². The van der Waals surface area contributed by atoms with E-state index in [1.807, 2.05) is 0 Å². The summed E-state index contributed by atoms with van der Waals surface area (Å²) in [5, 5.41) is 17.2. The lowest BCUT2D eigenvalue weighted by Crippen LogP contribution is -2.09. The normalized spacial score (nSPS) is 10.2. The number of aryl methyl sites for hydroxylation is 1. The van der Waals surface area contributed by atoms with Crippen LogP contribution in [0.15, 0.2) is 6.07 Å². The number of hydrogen-bond donors (Lipinski definition) is 1. The van der Waals surface area contributed by atoms with Gasteiger partial charge in [-0.1, -0.05) is 0 Å². The molecule has 4 nitrogen and oxygen atoms in total. The number of hydrogen-bond acceptors (Lipinski definition) is 3. The molecule has 6 heteroatoms. The molecule has 0 saturated heterocycles. The van der Waals surface area contributed by atoms with E-state index in [0.717, 1.165) is 0 Å². The Kier molecular flexibility index (Phi) is 3.51. The molecule has 0 aliphatic rings. The minimum Gasteiger partial charge on any atom is -0.481 e. The fraction of sp³-hybridized carbons (Fsp3) is 0.300. The Hall–Kier alpha value is -2.03. The van der Waals surface area contributed by atoms with Crippen molar-refractivity contribution in [2.75, 3.05) is 0 Å². The maximum Gasteiger partial charge on any atom is 0.307 e. The van der Waals surface area contributed by atoms with Crippen LogP contribution < -0.4 is 0 Å². The molecule has 1 heterocycles. The Morgan fingerprint density at radius 1 is 1.69 bits per heavy atom. The molecule has 1 rings (SSSR count). The molecule has 0 aromatic carbocycles. The number of halogens is 2. The second-order valence-electron chi connectivity index (χ2n) is 3.17. The van der Waals surface area contributed by atoms with Crippen LogP contribution in [0.25, 0.3) is 0 Å². The average Bonchev–Trinajstić information content (AvgIpc) is 2.19. The van der Waals surface area contributed by atoms with Gasteiger partial charge in [0.05, 0.1) is 6.42 Å². The summed E-state index contributed by atoms with van der Waals surface area (Å²) in [6.07, 6.45) is -3.41. The zero-order valence-corrected chi connectivity index (χ0v) is 8.37. The monoisotopic (exact) mass is 226 g/mol. The van der Waals surface area contributed by atoms with Gasteiger partial charge in [0.25, 0.3) is 6.43 Å². The molecule has 0 aliphatic heterocycles. The van der Waals surface area contributed by atoms with Crippen LogP contribution in [0.4, 0.5) is 8.78 Å². The Labute approximate surface area is 90.2 Å². The van der Waals surface area contributed by atoms with Gasteiger partial charge in [0.1, 0.15) is 17.5 Å². The zero-order chi connectivity index (χ0) is 12.3. The third kappa shape index (κ3) is 2.51. The van der Waals surface area contributed by atoms with Crippen molar-refractivity contribution >= 4 is 5.97 Å². The lowest BCUT2D eigenvalue weighted by molar-refractivity contribution is -0.136. The molecule has 1 aromatic rings. The highest BCUT2D eigenvalue weighted by molar-refractivity contribution is 5.71. The molecule has 0 unspecified atom stereocenters. The summed E-state index contributed by atoms with van der Waals surface area (Å²) in [6, 6.07) is 2.95. The molecule has 1 aromatic heterocycles. The van der Waals surface area contributed by atoms with Gasteiger partial charge in [-0.05, 0) is 24.1 Å². The van der Waals surface area contributed by atoms with Crippen LogP contribution in [0.5, 0.6) is 0 Å². The average molecular weight is 226 g/mol. The molecule has 84 valence electrons. The van der Waals surface area contributed by atoms with Crippen molar-refractivity contribution in [1.29, 1.82) is 5.26 Å². The van der Waals surface area contributed by atoms with E-state index < -0.39 is 24.5 Å². The first-order valence-corrected chi connectivity index (χ1v) is 4.36. The van der Waals surface area contributed by atoms with Crippen molar-refractivity contribution < 1.29 is 18.7 Å². The first-order valence-electron chi connectivity index (χ1n) is 4.36. The Bertz CT molecular complexity index is 467. The quantitative estimate of drug-likeness (QED) is 0.853. The van der Waals surface area contributed by atoms with Crippen molar-refractivity contribution in [3.8, 4) is 6.07 Å². The fourth-order valence-corrected chi connectivity index (χ4v) is 1.34. The van der Waals surface area contributed by atoms with Crippen molar-refractivity contribution in [2.24, 2.45) is 0 Å². The number of carboxylic acid groups (broad SMARTS) is 1. The standard InChI is InChI=1S/C10H8F2N2O2/c1-5-2-6(4-13)14-9(10(11)12)7(5)3-8(15)16/h2,10H,3H2,1H3,(H,15,16). The third-order valence-electron chi connectivity index (χ3n) is 2.03. The SMILES string of the molecule is Cc1cc(C#N)nc(C(F)F)c1CC(=O)O. The summed E-state index contributed by atoms with van der Waals surface area (Å²) < 4.78 is 25.2. The van der Waals surface area contributed by atoms with E-state index in [-0.39, 0.29) is 11.3 Å². The highest BCUT2D eigenvalue weighted by Crippen LogP contribution is 2.24. The topological polar surface area (TPSA) is 74.0 Å². The molecule has 0 radical (unpaired) electrons. The number of carbonyl (C=O) groups is 1. The minimum atomic E-state index is -2.89. The maximum atomic E-state index is 12.6. The Balaban J connectivity index is 3.35. The molecular formula is C10H8F2N2O2. The molecular weight excluding hydrogens is 218 g/mol. The van der Waals surface area contributed by atoms with Crippen LogP contribution in [0, 0.1) is 18.3 Å². The van der Waals surface area contributed by atoms with E-state index in [1.165, 1.54) is 13.0 Å². The lowest BCUT2D eigenvalue weighted by Gasteiger charge is -2.09. The Morgan fingerprint density at radius 3 is 2.75 bits per heavy atom. The van der Waals surface area contributed by atoms with E-state index in [0.29, 0.717) is 5.56 Å². The van der Waals surface area contributed by atoms with E-state index in [2.05, 4.69) is 4.98 Å². The van der Waals surface area contributed by atoms with E-state index in [4.69, 9.17) is 10.4 Å². The minimum absolute atomic E-state index is 0.0264. The number of carboxylic acids is 1. The molecule has 0 bridgehead atoms. The van der Waals surface area contributed by atoms with Gasteiger partial charge in [0.15, 0.2) is 0 Å². The summed E-state index contributed by atoms with van der Waals surface area (Å²) in [7, 11) is 0. The highest BCUT2D eigenvalue weighted by atomic mass is 19.3. The van der Waals surface area contributed by atoms with Crippen LogP contribution in [-0.2, 0) is 11.2 Å². The first-order chi connectivity index (χ1) is 7.45. The van der Waals surface area contributed by atoms with E-state index in [9.17, 15) is 13.6 Å². The van der Waals surface area contributed by atoms with E-state index in [1.54, 1.807) is 6.07 Å². The molecule has 16 heavy (non-hydrogen) atoms. The lowest BCUT2D eigenvalue weighted by atomic mass is 10.0. The van der Waals surface area contributed by atoms with Crippen LogP contribution >= 0.6 is 0 Å². The van der Waals surface area contributed by atoms with Crippen molar-refractivity contribution in [1.82, 2.24) is 4.98 Å². The number of rotatable bonds is 3. The van der Waals surface area contributed by atoms with Crippen LogP contribution in [0.1, 0.15) is 28.9 Å². The molecule has 1 N–H and O–H groups in total. The summed E-state index contributed by atoms with van der Waals surface area (Å²) in [5.41, 5.74) is -0.452. The molecule has 0 fully saturated rings. The van der Waals surface area contributed by atoms with Gasteiger partial charge in [-0.2, -0.15) is 5.26 Å². The predicted octanol–water partition coefficient (Wildman–Crippen LogP) is 1.83. The van der Waals surface area contributed by atoms with E-state index >= 15 is 0 Å². The third-order valence-corrected chi connectivity index (χ3v) is 2.03. The van der Waals surface area contributed by atoms with Crippen molar-refractivity contribution in [3.63, 3.8) is 0 Å².